The summed E-state index contributed by atoms with van der Waals surface area (Å²) < 4.78 is 36.7. The van der Waals surface area contributed by atoms with E-state index in [1.807, 2.05) is 6.92 Å². The Bertz CT molecular complexity index is 336. The average molecular weight is 248 g/mol. The first kappa shape index (κ1) is 13.7. The van der Waals surface area contributed by atoms with E-state index in [-0.39, 0.29) is 6.04 Å². The summed E-state index contributed by atoms with van der Waals surface area (Å²) in [5.41, 5.74) is 4.52. The van der Waals surface area contributed by atoms with Crippen LogP contribution in [-0.4, -0.2) is 22.8 Å². The molecule has 1 rings (SSSR count). The van der Waals surface area contributed by atoms with Gasteiger partial charge in [0.05, 0.1) is 0 Å². The molecule has 0 spiro atoms. The lowest BCUT2D eigenvalue weighted by molar-refractivity contribution is -0.141. The predicted octanol–water partition coefficient (Wildman–Crippen LogP) is 2.03. The highest BCUT2D eigenvalue weighted by Crippen LogP contribution is 2.27. The molecule has 3 N–H and O–H groups in total. The van der Waals surface area contributed by atoms with Crippen LogP contribution < -0.4 is 11.1 Å². The number of rotatable bonds is 5. The second kappa shape index (κ2) is 5.81. The van der Waals surface area contributed by atoms with Crippen LogP contribution in [0.1, 0.15) is 25.5 Å². The Hall–Kier alpha value is -1.37. The first-order valence-corrected chi connectivity index (χ1v) is 5.35. The van der Waals surface area contributed by atoms with Crippen molar-refractivity contribution in [1.82, 2.24) is 10.2 Å². The van der Waals surface area contributed by atoms with Crippen LogP contribution in [-0.2, 0) is 6.18 Å². The number of aromatic nitrogens is 2. The van der Waals surface area contributed by atoms with Crippen LogP contribution in [0.25, 0.3) is 0 Å². The molecule has 0 aliphatic carbocycles. The van der Waals surface area contributed by atoms with E-state index in [2.05, 4.69) is 15.5 Å². The van der Waals surface area contributed by atoms with Crippen molar-refractivity contribution in [2.75, 3.05) is 11.9 Å². The molecule has 7 heteroatoms. The normalized spacial score (nSPS) is 13.5. The summed E-state index contributed by atoms with van der Waals surface area (Å²) in [5.74, 6) is 0.307. The molecule has 0 saturated heterocycles. The van der Waals surface area contributed by atoms with Crippen molar-refractivity contribution in [2.45, 2.75) is 32.0 Å². The lowest BCUT2D eigenvalue weighted by atomic mass is 10.1. The van der Waals surface area contributed by atoms with Gasteiger partial charge in [-0.25, -0.2) is 0 Å². The zero-order valence-corrected chi connectivity index (χ0v) is 9.46. The summed E-state index contributed by atoms with van der Waals surface area (Å²) in [7, 11) is 0. The molecule has 1 aromatic rings. The molecule has 1 unspecified atom stereocenters. The monoisotopic (exact) mass is 248 g/mol. The lowest BCUT2D eigenvalue weighted by Crippen LogP contribution is -2.29. The Kier molecular flexibility index (Phi) is 4.68. The van der Waals surface area contributed by atoms with Crippen molar-refractivity contribution in [3.63, 3.8) is 0 Å². The Labute approximate surface area is 97.4 Å². The van der Waals surface area contributed by atoms with E-state index in [0.29, 0.717) is 12.4 Å². The quantitative estimate of drug-likeness (QED) is 0.837. The second-order valence-corrected chi connectivity index (χ2v) is 3.67. The van der Waals surface area contributed by atoms with Gasteiger partial charge in [0.1, 0.15) is 5.82 Å². The van der Waals surface area contributed by atoms with Crippen molar-refractivity contribution < 1.29 is 13.2 Å². The molecular weight excluding hydrogens is 233 g/mol. The van der Waals surface area contributed by atoms with Crippen molar-refractivity contribution in [3.05, 3.63) is 17.8 Å². The second-order valence-electron chi connectivity index (χ2n) is 3.67. The maximum absolute atomic E-state index is 12.2. The number of nitrogens with two attached hydrogens (primary N) is 1. The Morgan fingerprint density at radius 3 is 2.47 bits per heavy atom. The average Bonchev–Trinajstić information content (AvgIpc) is 2.28. The smallest absolute Gasteiger partial charge is 0.365 e. The number of anilines is 1. The fraction of sp³-hybridized carbons (Fsp3) is 0.600. The van der Waals surface area contributed by atoms with Crippen LogP contribution >= 0.6 is 0 Å². The minimum absolute atomic E-state index is 0.00559. The van der Waals surface area contributed by atoms with Crippen molar-refractivity contribution in [1.29, 1.82) is 0 Å². The highest BCUT2D eigenvalue weighted by Gasteiger charge is 2.32. The molecule has 0 aromatic carbocycles. The minimum Gasteiger partial charge on any atom is -0.365 e. The summed E-state index contributed by atoms with van der Waals surface area (Å²) in [5, 5.41) is 9.54. The number of hydrogen-bond donors (Lipinski definition) is 2. The van der Waals surface area contributed by atoms with Crippen LogP contribution in [0.15, 0.2) is 12.1 Å². The third kappa shape index (κ3) is 4.18. The summed E-state index contributed by atoms with van der Waals surface area (Å²) in [6.07, 6.45) is -2.69. The largest absolute Gasteiger partial charge is 0.435 e. The van der Waals surface area contributed by atoms with E-state index in [1.54, 1.807) is 0 Å². The molecule has 0 bridgehead atoms. The molecule has 1 heterocycles. The van der Waals surface area contributed by atoms with E-state index in [9.17, 15) is 13.2 Å². The molecule has 0 aliphatic heterocycles. The van der Waals surface area contributed by atoms with Gasteiger partial charge in [-0.05, 0) is 18.6 Å². The van der Waals surface area contributed by atoms with Crippen LogP contribution in [0.2, 0.25) is 0 Å². The van der Waals surface area contributed by atoms with Gasteiger partial charge >= 0.3 is 6.18 Å². The maximum Gasteiger partial charge on any atom is 0.435 e. The minimum atomic E-state index is -4.46. The summed E-state index contributed by atoms with van der Waals surface area (Å²) in [4.78, 5) is 0. The zero-order chi connectivity index (χ0) is 12.9. The van der Waals surface area contributed by atoms with Crippen LogP contribution in [0, 0.1) is 0 Å². The molecule has 96 valence electrons. The van der Waals surface area contributed by atoms with Crippen LogP contribution in [0.3, 0.4) is 0 Å². The van der Waals surface area contributed by atoms with E-state index >= 15 is 0 Å². The van der Waals surface area contributed by atoms with Crippen LogP contribution in [0.5, 0.6) is 0 Å². The number of halogens is 3. The SMILES string of the molecule is CCCC(CN)Nc1ccc(C(F)(F)F)nn1. The van der Waals surface area contributed by atoms with Gasteiger partial charge in [0, 0.05) is 12.6 Å². The molecule has 17 heavy (non-hydrogen) atoms. The molecule has 0 saturated carbocycles. The van der Waals surface area contributed by atoms with Gasteiger partial charge < -0.3 is 11.1 Å². The highest BCUT2D eigenvalue weighted by atomic mass is 19.4. The standard InChI is InChI=1S/C10H15F3N4/c1-2-3-7(6-14)15-9-5-4-8(16-17-9)10(11,12)13/h4-5,7H,2-3,6,14H2,1H3,(H,15,17). The van der Waals surface area contributed by atoms with E-state index in [4.69, 9.17) is 5.73 Å². The predicted molar refractivity (Wildman–Crippen MR) is 58.4 cm³/mol. The van der Waals surface area contributed by atoms with E-state index < -0.39 is 11.9 Å². The summed E-state index contributed by atoms with van der Waals surface area (Å²) >= 11 is 0. The van der Waals surface area contributed by atoms with E-state index in [1.165, 1.54) is 6.07 Å². The number of hydrogen-bond acceptors (Lipinski definition) is 4. The topological polar surface area (TPSA) is 63.8 Å². The number of nitrogens with zero attached hydrogens (tertiary/aromatic N) is 2. The van der Waals surface area contributed by atoms with Gasteiger partial charge in [0.25, 0.3) is 0 Å². The number of nitrogens with one attached hydrogen (secondary N) is 1. The molecule has 0 fully saturated rings. The summed E-state index contributed by atoms with van der Waals surface area (Å²) in [6.45, 7) is 2.40. The Morgan fingerprint density at radius 1 is 1.35 bits per heavy atom. The highest BCUT2D eigenvalue weighted by molar-refractivity contribution is 5.34. The molecule has 4 nitrogen and oxygen atoms in total. The third-order valence-electron chi connectivity index (χ3n) is 2.23. The molecule has 1 aromatic heterocycles. The van der Waals surface area contributed by atoms with Gasteiger partial charge in [-0.3, -0.25) is 0 Å². The zero-order valence-electron chi connectivity index (χ0n) is 9.46. The summed E-state index contributed by atoms with van der Waals surface area (Å²) in [6, 6.07) is 2.16. The van der Waals surface area contributed by atoms with Gasteiger partial charge in [0.15, 0.2) is 5.69 Å². The van der Waals surface area contributed by atoms with Crippen molar-refractivity contribution in [3.8, 4) is 0 Å². The van der Waals surface area contributed by atoms with E-state index in [0.717, 1.165) is 18.9 Å². The van der Waals surface area contributed by atoms with Crippen LogP contribution in [0.4, 0.5) is 19.0 Å². The fourth-order valence-electron chi connectivity index (χ4n) is 1.37. The molecule has 1 atom stereocenters. The molecule has 0 radical (unpaired) electrons. The third-order valence-corrected chi connectivity index (χ3v) is 2.23. The molecule has 0 amide bonds. The van der Waals surface area contributed by atoms with Gasteiger partial charge in [-0.15, -0.1) is 10.2 Å². The molecule has 0 aliphatic rings. The maximum atomic E-state index is 12.2. The molecular formula is C10H15F3N4. The Balaban J connectivity index is 2.68. The first-order chi connectivity index (χ1) is 7.97. The van der Waals surface area contributed by atoms with Gasteiger partial charge in [-0.1, -0.05) is 13.3 Å². The lowest BCUT2D eigenvalue weighted by Gasteiger charge is -2.16. The fourth-order valence-corrected chi connectivity index (χ4v) is 1.37. The van der Waals surface area contributed by atoms with Gasteiger partial charge in [0.2, 0.25) is 0 Å². The van der Waals surface area contributed by atoms with Crippen molar-refractivity contribution in [2.24, 2.45) is 5.73 Å². The Morgan fingerprint density at radius 2 is 2.06 bits per heavy atom. The van der Waals surface area contributed by atoms with Crippen molar-refractivity contribution >= 4 is 5.82 Å². The van der Waals surface area contributed by atoms with Gasteiger partial charge in [-0.2, -0.15) is 13.2 Å². The first-order valence-electron chi connectivity index (χ1n) is 5.35. The number of alkyl halides is 3.